The van der Waals surface area contributed by atoms with Crippen LogP contribution in [-0.4, -0.2) is 18.2 Å². The predicted molar refractivity (Wildman–Crippen MR) is 60.8 cm³/mol. The van der Waals surface area contributed by atoms with Crippen LogP contribution in [0.15, 0.2) is 35.3 Å². The maximum absolute atomic E-state index is 10.2. The Kier molecular flexibility index (Phi) is 3.86. The number of isocyanates is 1. The van der Waals surface area contributed by atoms with Crippen molar-refractivity contribution in [1.82, 2.24) is 0 Å². The summed E-state index contributed by atoms with van der Waals surface area (Å²) in [7, 11) is 0. The van der Waals surface area contributed by atoms with Gasteiger partial charge >= 0.3 is 0 Å². The van der Waals surface area contributed by atoms with Gasteiger partial charge in [-0.3, -0.25) is 0 Å². The molecule has 3 nitrogen and oxygen atoms in total. The second-order valence-corrected chi connectivity index (χ2v) is 4.05. The molecular weight excluding hydrogens is 202 g/mol. The van der Waals surface area contributed by atoms with Crippen LogP contribution < -0.4 is 0 Å². The summed E-state index contributed by atoms with van der Waals surface area (Å²) >= 11 is 0. The maximum Gasteiger partial charge on any atom is 0.235 e. The molecule has 0 bridgehead atoms. The first-order valence-corrected chi connectivity index (χ1v) is 5.62. The van der Waals surface area contributed by atoms with Gasteiger partial charge in [0.25, 0.3) is 0 Å². The SMILES string of the molecule is O=C=N[C@H]1CCC[C@@H]1OCc1ccccc1. The van der Waals surface area contributed by atoms with Crippen molar-refractivity contribution < 1.29 is 9.53 Å². The molecule has 0 aliphatic heterocycles. The van der Waals surface area contributed by atoms with E-state index >= 15 is 0 Å². The van der Waals surface area contributed by atoms with E-state index in [-0.39, 0.29) is 12.1 Å². The Hall–Kier alpha value is -1.44. The average molecular weight is 217 g/mol. The first-order valence-electron chi connectivity index (χ1n) is 5.62. The Balaban J connectivity index is 1.88. The first-order chi connectivity index (χ1) is 7.90. The molecule has 0 radical (unpaired) electrons. The Morgan fingerprint density at radius 2 is 2.12 bits per heavy atom. The molecule has 0 amide bonds. The van der Waals surface area contributed by atoms with Gasteiger partial charge in [0.1, 0.15) is 0 Å². The molecule has 1 aliphatic rings. The van der Waals surface area contributed by atoms with E-state index in [2.05, 4.69) is 4.99 Å². The quantitative estimate of drug-likeness (QED) is 0.574. The zero-order valence-electron chi connectivity index (χ0n) is 9.13. The molecule has 1 aromatic rings. The van der Waals surface area contributed by atoms with E-state index in [1.807, 2.05) is 30.3 Å². The molecule has 0 aromatic heterocycles. The maximum atomic E-state index is 10.2. The number of nitrogens with zero attached hydrogens (tertiary/aromatic N) is 1. The minimum atomic E-state index is 0.0150. The zero-order valence-corrected chi connectivity index (χ0v) is 9.13. The average Bonchev–Trinajstić information content (AvgIpc) is 2.76. The van der Waals surface area contributed by atoms with E-state index in [0.717, 1.165) is 24.8 Å². The van der Waals surface area contributed by atoms with E-state index < -0.39 is 0 Å². The highest BCUT2D eigenvalue weighted by Crippen LogP contribution is 2.25. The van der Waals surface area contributed by atoms with Gasteiger partial charge in [0, 0.05) is 0 Å². The first kappa shape index (κ1) is 11.1. The van der Waals surface area contributed by atoms with E-state index in [4.69, 9.17) is 4.74 Å². The lowest BCUT2D eigenvalue weighted by atomic mass is 10.2. The third-order valence-corrected chi connectivity index (χ3v) is 2.94. The highest BCUT2D eigenvalue weighted by Gasteiger charge is 2.27. The Labute approximate surface area is 95.2 Å². The van der Waals surface area contributed by atoms with Crippen LogP contribution in [0, 0.1) is 0 Å². The van der Waals surface area contributed by atoms with Crippen molar-refractivity contribution in [3.05, 3.63) is 35.9 Å². The van der Waals surface area contributed by atoms with Gasteiger partial charge in [0.15, 0.2) is 0 Å². The summed E-state index contributed by atoms with van der Waals surface area (Å²) < 4.78 is 5.78. The van der Waals surface area contributed by atoms with Crippen molar-refractivity contribution in [3.63, 3.8) is 0 Å². The Morgan fingerprint density at radius 3 is 2.88 bits per heavy atom. The van der Waals surface area contributed by atoms with Crippen LogP contribution in [0.3, 0.4) is 0 Å². The Bertz CT molecular complexity index is 371. The molecule has 1 aliphatic carbocycles. The van der Waals surface area contributed by atoms with Gasteiger partial charge in [-0.15, -0.1) is 0 Å². The van der Waals surface area contributed by atoms with Crippen LogP contribution in [0.4, 0.5) is 0 Å². The fraction of sp³-hybridized carbons (Fsp3) is 0.462. The van der Waals surface area contributed by atoms with Crippen molar-refractivity contribution in [1.29, 1.82) is 0 Å². The van der Waals surface area contributed by atoms with Crippen LogP contribution in [0.5, 0.6) is 0 Å². The molecule has 1 aromatic carbocycles. The fourth-order valence-electron chi connectivity index (χ4n) is 2.09. The molecule has 1 fully saturated rings. The second kappa shape index (κ2) is 5.59. The van der Waals surface area contributed by atoms with Gasteiger partial charge in [-0.25, -0.2) is 4.79 Å². The van der Waals surface area contributed by atoms with E-state index in [0.29, 0.717) is 6.61 Å². The summed E-state index contributed by atoms with van der Waals surface area (Å²) in [6.45, 7) is 0.594. The number of benzene rings is 1. The molecule has 0 N–H and O–H groups in total. The summed E-state index contributed by atoms with van der Waals surface area (Å²) in [6.07, 6.45) is 4.72. The lowest BCUT2D eigenvalue weighted by Crippen LogP contribution is -2.21. The number of rotatable bonds is 4. The van der Waals surface area contributed by atoms with Crippen molar-refractivity contribution in [2.45, 2.75) is 38.0 Å². The van der Waals surface area contributed by atoms with Crippen LogP contribution in [0.25, 0.3) is 0 Å². The molecule has 0 spiro atoms. The van der Waals surface area contributed by atoms with Crippen molar-refractivity contribution in [3.8, 4) is 0 Å². The summed E-state index contributed by atoms with van der Waals surface area (Å²) in [5.41, 5.74) is 1.16. The van der Waals surface area contributed by atoms with Crippen LogP contribution >= 0.6 is 0 Å². The smallest absolute Gasteiger partial charge is 0.235 e. The second-order valence-electron chi connectivity index (χ2n) is 4.05. The van der Waals surface area contributed by atoms with Crippen molar-refractivity contribution in [2.24, 2.45) is 4.99 Å². The van der Waals surface area contributed by atoms with Gasteiger partial charge < -0.3 is 4.74 Å². The summed E-state index contributed by atoms with van der Waals surface area (Å²) in [5, 5.41) is 0. The molecular formula is C13H15NO2. The lowest BCUT2D eigenvalue weighted by molar-refractivity contribution is 0.0362. The van der Waals surface area contributed by atoms with Gasteiger partial charge in [-0.1, -0.05) is 30.3 Å². The third kappa shape index (κ3) is 2.78. The number of carbonyl (C=O) groups excluding carboxylic acids is 1. The highest BCUT2D eigenvalue weighted by atomic mass is 16.5. The standard InChI is InChI=1S/C13H15NO2/c15-10-14-12-7-4-8-13(12)16-9-11-5-2-1-3-6-11/h1-3,5-6,12-13H,4,7-9H2/t12-,13-/m0/s1. The summed E-state index contributed by atoms with van der Waals surface area (Å²) in [4.78, 5) is 14.0. The molecule has 0 heterocycles. The monoisotopic (exact) mass is 217 g/mol. The van der Waals surface area contributed by atoms with Crippen molar-refractivity contribution in [2.75, 3.05) is 0 Å². The topological polar surface area (TPSA) is 38.7 Å². The van der Waals surface area contributed by atoms with E-state index in [1.165, 1.54) is 0 Å². The highest BCUT2D eigenvalue weighted by molar-refractivity contribution is 5.34. The minimum Gasteiger partial charge on any atom is -0.371 e. The van der Waals surface area contributed by atoms with Gasteiger partial charge in [-0.05, 0) is 24.8 Å². The molecule has 3 heteroatoms. The van der Waals surface area contributed by atoms with Crippen LogP contribution in [0.2, 0.25) is 0 Å². The summed E-state index contributed by atoms with van der Waals surface area (Å²) in [5.74, 6) is 0. The third-order valence-electron chi connectivity index (χ3n) is 2.94. The largest absolute Gasteiger partial charge is 0.371 e. The molecule has 84 valence electrons. The van der Waals surface area contributed by atoms with E-state index in [1.54, 1.807) is 6.08 Å². The molecule has 1 saturated carbocycles. The zero-order chi connectivity index (χ0) is 11.2. The van der Waals surface area contributed by atoms with Gasteiger partial charge in [0.2, 0.25) is 6.08 Å². The number of ether oxygens (including phenoxy) is 1. The van der Waals surface area contributed by atoms with E-state index in [9.17, 15) is 4.79 Å². The number of hydrogen-bond acceptors (Lipinski definition) is 3. The molecule has 0 unspecified atom stereocenters. The fourth-order valence-corrected chi connectivity index (χ4v) is 2.09. The van der Waals surface area contributed by atoms with Crippen molar-refractivity contribution >= 4 is 6.08 Å². The Morgan fingerprint density at radius 1 is 1.31 bits per heavy atom. The normalized spacial score (nSPS) is 24.0. The molecule has 0 saturated heterocycles. The summed E-state index contributed by atoms with van der Waals surface area (Å²) in [6, 6.07) is 10.1. The molecule has 2 rings (SSSR count). The van der Waals surface area contributed by atoms with Crippen LogP contribution in [0.1, 0.15) is 24.8 Å². The van der Waals surface area contributed by atoms with Gasteiger partial charge in [-0.2, -0.15) is 4.99 Å². The van der Waals surface area contributed by atoms with Crippen LogP contribution in [-0.2, 0) is 16.1 Å². The number of hydrogen-bond donors (Lipinski definition) is 0. The lowest BCUT2D eigenvalue weighted by Gasteiger charge is -2.15. The molecule has 2 atom stereocenters. The van der Waals surface area contributed by atoms with Gasteiger partial charge in [0.05, 0.1) is 18.8 Å². The number of aliphatic imine (C=N–C) groups is 1. The minimum absolute atomic E-state index is 0.0150. The predicted octanol–water partition coefficient (Wildman–Crippen LogP) is 2.46. The molecule has 16 heavy (non-hydrogen) atoms.